The summed E-state index contributed by atoms with van der Waals surface area (Å²) in [4.78, 5) is 15.8. The van der Waals surface area contributed by atoms with Crippen LogP contribution >= 0.6 is 0 Å². The summed E-state index contributed by atoms with van der Waals surface area (Å²) in [7, 11) is -2.19. The molecule has 0 bridgehead atoms. The molecule has 1 aliphatic heterocycles. The highest BCUT2D eigenvalue weighted by molar-refractivity contribution is 7.89. The van der Waals surface area contributed by atoms with Crippen molar-refractivity contribution >= 4 is 15.9 Å². The van der Waals surface area contributed by atoms with Crippen molar-refractivity contribution in [2.75, 3.05) is 26.7 Å². The summed E-state index contributed by atoms with van der Waals surface area (Å²) in [5, 5.41) is 10.00. The van der Waals surface area contributed by atoms with Crippen molar-refractivity contribution in [2.24, 2.45) is 5.92 Å². The van der Waals surface area contributed by atoms with Crippen LogP contribution in [0.1, 0.15) is 35.3 Å². The van der Waals surface area contributed by atoms with E-state index in [9.17, 15) is 18.3 Å². The quantitative estimate of drug-likeness (QED) is 0.507. The Kier molecular flexibility index (Phi) is 8.67. The second-order valence-corrected chi connectivity index (χ2v) is 12.1. The number of carbonyl (C=O) groups excluding carboxylic acids is 1. The molecule has 202 valence electrons. The fourth-order valence-corrected chi connectivity index (χ4v) is 6.32. The van der Waals surface area contributed by atoms with Crippen LogP contribution in [0.5, 0.6) is 0 Å². The van der Waals surface area contributed by atoms with E-state index in [-0.39, 0.29) is 36.5 Å². The molecule has 0 fully saturated rings. The average Bonchev–Trinajstić information content (AvgIpc) is 2.94. The molecule has 38 heavy (non-hydrogen) atoms. The van der Waals surface area contributed by atoms with Gasteiger partial charge in [-0.25, -0.2) is 8.42 Å². The van der Waals surface area contributed by atoms with Gasteiger partial charge < -0.3 is 14.7 Å². The van der Waals surface area contributed by atoms with Crippen LogP contribution in [-0.4, -0.2) is 67.5 Å². The number of aliphatic hydroxyl groups excluding tert-OH is 1. The zero-order valence-electron chi connectivity index (χ0n) is 22.4. The van der Waals surface area contributed by atoms with Crippen molar-refractivity contribution in [3.63, 3.8) is 0 Å². The number of fused-ring (bicyclic) bond motifs is 3. The summed E-state index contributed by atoms with van der Waals surface area (Å²) in [6.07, 6.45) is -0.505. The number of hydrogen-bond donors (Lipinski definition) is 1. The number of likely N-dealkylation sites (N-methyl/N-ethyl adjacent to an activating group) is 1. The number of hydrogen-bond acceptors (Lipinski definition) is 5. The Bertz CT molecular complexity index is 1390. The van der Waals surface area contributed by atoms with Crippen LogP contribution in [0.15, 0.2) is 77.7 Å². The first-order valence-electron chi connectivity index (χ1n) is 12.9. The first-order valence-corrected chi connectivity index (χ1v) is 14.3. The van der Waals surface area contributed by atoms with Gasteiger partial charge in [-0.2, -0.15) is 4.31 Å². The molecule has 1 aliphatic rings. The van der Waals surface area contributed by atoms with Gasteiger partial charge in [-0.3, -0.25) is 4.79 Å². The fourth-order valence-electron chi connectivity index (χ4n) is 4.92. The maximum Gasteiger partial charge on any atom is 0.254 e. The zero-order chi connectivity index (χ0) is 27.4. The highest BCUT2D eigenvalue weighted by Gasteiger charge is 2.33. The third kappa shape index (κ3) is 5.68. The Hall–Kier alpha value is -3.04. The van der Waals surface area contributed by atoms with Crippen LogP contribution < -0.4 is 0 Å². The lowest BCUT2D eigenvalue weighted by molar-refractivity contribution is -0.0146. The number of aryl methyl sites for hydroxylation is 1. The summed E-state index contributed by atoms with van der Waals surface area (Å²) in [6.45, 7) is 6.04. The van der Waals surface area contributed by atoms with Crippen molar-refractivity contribution in [1.82, 2.24) is 9.21 Å². The van der Waals surface area contributed by atoms with Gasteiger partial charge in [0.2, 0.25) is 10.0 Å². The Balaban J connectivity index is 1.74. The van der Waals surface area contributed by atoms with E-state index in [2.05, 4.69) is 0 Å². The standard InChI is InChI=1S/C30H36N2O5S/c1-21-11-5-10-16-29(21)38(35,36)31(4)18-28-22(2)17-32(23(3)19-33)30(34)27-15-9-8-14-26(27)25-13-7-6-12-24(25)20-37-28/h5-16,22-23,28,33H,17-20H2,1-4H3/t22-,23+,28-/m1/s1. The molecule has 0 unspecified atom stereocenters. The third-order valence-corrected chi connectivity index (χ3v) is 9.30. The van der Waals surface area contributed by atoms with Gasteiger partial charge in [-0.05, 0) is 48.2 Å². The lowest BCUT2D eigenvalue weighted by Gasteiger charge is -2.35. The first-order chi connectivity index (χ1) is 18.1. The highest BCUT2D eigenvalue weighted by Crippen LogP contribution is 2.31. The van der Waals surface area contributed by atoms with Gasteiger partial charge in [0.1, 0.15) is 0 Å². The van der Waals surface area contributed by atoms with Crippen LogP contribution in [0, 0.1) is 12.8 Å². The second-order valence-electron chi connectivity index (χ2n) is 10.1. The minimum Gasteiger partial charge on any atom is -0.394 e. The lowest BCUT2D eigenvalue weighted by Crippen LogP contribution is -2.47. The van der Waals surface area contributed by atoms with Crippen LogP contribution in [0.2, 0.25) is 0 Å². The van der Waals surface area contributed by atoms with E-state index in [0.29, 0.717) is 17.7 Å². The van der Waals surface area contributed by atoms with E-state index in [1.807, 2.05) is 68.4 Å². The van der Waals surface area contributed by atoms with Crippen LogP contribution in [0.25, 0.3) is 11.1 Å². The van der Waals surface area contributed by atoms with E-state index < -0.39 is 22.2 Å². The normalized spacial score (nSPS) is 19.4. The van der Waals surface area contributed by atoms with Gasteiger partial charge in [0.15, 0.2) is 0 Å². The van der Waals surface area contributed by atoms with Crippen molar-refractivity contribution in [3.8, 4) is 11.1 Å². The molecule has 0 saturated heterocycles. The minimum absolute atomic E-state index is 0.114. The second kappa shape index (κ2) is 11.8. The first kappa shape index (κ1) is 28.0. The number of nitrogens with zero attached hydrogens (tertiary/aromatic N) is 2. The molecule has 0 aliphatic carbocycles. The maximum absolute atomic E-state index is 13.9. The van der Waals surface area contributed by atoms with Gasteiger partial charge >= 0.3 is 0 Å². The maximum atomic E-state index is 13.9. The Labute approximate surface area is 225 Å². The molecule has 3 aromatic rings. The Morgan fingerprint density at radius 1 is 1.00 bits per heavy atom. The summed E-state index contributed by atoms with van der Waals surface area (Å²) < 4.78 is 34.7. The molecule has 1 amide bonds. The van der Waals surface area contributed by atoms with Crippen molar-refractivity contribution in [1.29, 1.82) is 0 Å². The van der Waals surface area contributed by atoms with Crippen molar-refractivity contribution in [3.05, 3.63) is 89.5 Å². The largest absolute Gasteiger partial charge is 0.394 e. The number of carbonyl (C=O) groups is 1. The molecule has 0 saturated carbocycles. The van der Waals surface area contributed by atoms with Crippen molar-refractivity contribution < 1.29 is 23.1 Å². The average molecular weight is 537 g/mol. The zero-order valence-corrected chi connectivity index (χ0v) is 23.2. The highest BCUT2D eigenvalue weighted by atomic mass is 32.2. The van der Waals surface area contributed by atoms with E-state index in [1.165, 1.54) is 4.31 Å². The molecule has 0 radical (unpaired) electrons. The molecular formula is C30H36N2O5S. The van der Waals surface area contributed by atoms with Gasteiger partial charge in [0, 0.05) is 31.6 Å². The SMILES string of the molecule is Cc1ccccc1S(=O)(=O)N(C)C[C@H]1OCc2ccccc2-c2ccccc2C(=O)N([C@@H](C)CO)C[C@H]1C. The van der Waals surface area contributed by atoms with E-state index in [1.54, 1.807) is 37.1 Å². The van der Waals surface area contributed by atoms with Gasteiger partial charge in [-0.15, -0.1) is 0 Å². The molecule has 8 heteroatoms. The molecule has 7 nitrogen and oxygen atoms in total. The Morgan fingerprint density at radius 2 is 1.61 bits per heavy atom. The molecule has 0 spiro atoms. The predicted molar refractivity (Wildman–Crippen MR) is 148 cm³/mol. The molecule has 4 rings (SSSR count). The monoisotopic (exact) mass is 536 g/mol. The lowest BCUT2D eigenvalue weighted by atomic mass is 9.94. The molecular weight excluding hydrogens is 500 g/mol. The summed E-state index contributed by atoms with van der Waals surface area (Å²) in [5.74, 6) is -0.398. The number of ether oxygens (including phenoxy) is 1. The Morgan fingerprint density at radius 3 is 2.29 bits per heavy atom. The summed E-state index contributed by atoms with van der Waals surface area (Å²) in [6, 6.07) is 21.8. The molecule has 1 heterocycles. The van der Waals surface area contributed by atoms with Gasteiger partial charge in [0.05, 0.1) is 30.3 Å². The van der Waals surface area contributed by atoms with Crippen LogP contribution in [0.4, 0.5) is 0 Å². The molecule has 3 aromatic carbocycles. The van der Waals surface area contributed by atoms with E-state index >= 15 is 0 Å². The number of sulfonamides is 1. The smallest absolute Gasteiger partial charge is 0.254 e. The number of benzene rings is 3. The van der Waals surface area contributed by atoms with Crippen LogP contribution in [-0.2, 0) is 21.4 Å². The topological polar surface area (TPSA) is 87.2 Å². The molecule has 0 aromatic heterocycles. The predicted octanol–water partition coefficient (Wildman–Crippen LogP) is 4.34. The molecule has 1 N–H and O–H groups in total. The third-order valence-electron chi connectivity index (χ3n) is 7.31. The van der Waals surface area contributed by atoms with E-state index in [4.69, 9.17) is 4.74 Å². The van der Waals surface area contributed by atoms with Crippen molar-refractivity contribution in [2.45, 2.75) is 44.4 Å². The molecule has 3 atom stereocenters. The van der Waals surface area contributed by atoms with E-state index in [0.717, 1.165) is 16.7 Å². The number of aliphatic hydroxyl groups is 1. The fraction of sp³-hybridized carbons (Fsp3) is 0.367. The number of rotatable bonds is 6. The van der Waals surface area contributed by atoms with Crippen LogP contribution in [0.3, 0.4) is 0 Å². The van der Waals surface area contributed by atoms with Gasteiger partial charge in [-0.1, -0.05) is 67.6 Å². The minimum atomic E-state index is -3.75. The summed E-state index contributed by atoms with van der Waals surface area (Å²) in [5.41, 5.74) is 3.85. The summed E-state index contributed by atoms with van der Waals surface area (Å²) >= 11 is 0. The number of amides is 1. The van der Waals surface area contributed by atoms with Gasteiger partial charge in [0.25, 0.3) is 5.91 Å².